The largest absolute Gasteiger partial charge is 1.00 e. The van der Waals surface area contributed by atoms with E-state index in [1.54, 1.807) is 26.1 Å². The number of fused-ring (bicyclic) bond motifs is 2. The van der Waals surface area contributed by atoms with Gasteiger partial charge in [-0.15, -0.1) is 0 Å². The molecule has 0 fully saturated rings. The summed E-state index contributed by atoms with van der Waals surface area (Å²) in [7, 11) is 0. The number of benzene rings is 4. The first kappa shape index (κ1) is 30.5. The van der Waals surface area contributed by atoms with Crippen LogP contribution in [-0.2, 0) is 30.2 Å². The third-order valence-corrected chi connectivity index (χ3v) is 14.7. The Balaban J connectivity index is 0.00000185. The van der Waals surface area contributed by atoms with E-state index in [1.165, 1.54) is 33.4 Å². The summed E-state index contributed by atoms with van der Waals surface area (Å²) in [5.41, 5.74) is 15.0. The van der Waals surface area contributed by atoms with E-state index in [4.69, 9.17) is 0 Å². The molecule has 0 saturated heterocycles. The zero-order valence-corrected chi connectivity index (χ0v) is 26.8. The van der Waals surface area contributed by atoms with Gasteiger partial charge in [-0.25, -0.2) is 0 Å². The zero-order valence-electron chi connectivity index (χ0n) is 23.7. The maximum absolute atomic E-state index is 2.52. The van der Waals surface area contributed by atoms with Crippen LogP contribution in [0.15, 0.2) is 108 Å². The van der Waals surface area contributed by atoms with Crippen LogP contribution in [0.5, 0.6) is 0 Å². The van der Waals surface area contributed by atoms with Crippen LogP contribution in [0.4, 0.5) is 0 Å². The quantitative estimate of drug-likeness (QED) is 0.299. The molecule has 0 radical (unpaired) electrons. The zero-order chi connectivity index (χ0) is 26.2. The molecule has 0 aromatic heterocycles. The van der Waals surface area contributed by atoms with Crippen molar-refractivity contribution >= 4 is 16.0 Å². The normalized spacial score (nSPS) is 16.4. The van der Waals surface area contributed by atoms with Gasteiger partial charge in [0, 0.05) is 0 Å². The summed E-state index contributed by atoms with van der Waals surface area (Å²) < 4.78 is 2.58. The first-order chi connectivity index (χ1) is 18.6. The second kappa shape index (κ2) is 13.0. The monoisotopic (exact) mass is 598 g/mol. The van der Waals surface area contributed by atoms with E-state index in [2.05, 4.69) is 137 Å². The Morgan fingerprint density at radius 1 is 0.550 bits per heavy atom. The van der Waals surface area contributed by atoms with Gasteiger partial charge in [-0.1, -0.05) is 0 Å². The third kappa shape index (κ3) is 5.28. The van der Waals surface area contributed by atoms with Crippen LogP contribution in [0, 0.1) is 0 Å². The molecule has 2 aliphatic carbocycles. The van der Waals surface area contributed by atoms with E-state index >= 15 is 0 Å². The number of hydrogen-bond acceptors (Lipinski definition) is 0. The van der Waals surface area contributed by atoms with Crippen molar-refractivity contribution in [1.82, 2.24) is 0 Å². The Morgan fingerprint density at radius 2 is 0.950 bits per heavy atom. The standard InChI is InChI=1S/C13H10.2C12H13.2ClH.Ti/c1-3-7-12(8-4-1)11-13-9-5-2-6-10-13;2*1-3-10-5-4-6-11-7-9(2)8-12(10)11;;;/h1-10H;2*4-8H,3H2,1-2H3;2*1H;/q;;;;;+2/p-2. The van der Waals surface area contributed by atoms with Gasteiger partial charge in [0.2, 0.25) is 0 Å². The second-order valence-corrected chi connectivity index (χ2v) is 14.8. The van der Waals surface area contributed by atoms with E-state index in [1.807, 2.05) is 0 Å². The molecule has 0 aliphatic heterocycles. The predicted octanol–water partition coefficient (Wildman–Crippen LogP) is 3.32. The van der Waals surface area contributed by atoms with Gasteiger partial charge in [-0.3, -0.25) is 0 Å². The fourth-order valence-corrected chi connectivity index (χ4v) is 13.4. The summed E-state index contributed by atoms with van der Waals surface area (Å²) >= 11 is -2.19. The summed E-state index contributed by atoms with van der Waals surface area (Å²) in [6, 6.07) is 36.7. The smallest absolute Gasteiger partial charge is 1.00 e. The topological polar surface area (TPSA) is 0 Å². The minimum absolute atomic E-state index is 0. The van der Waals surface area contributed by atoms with Crippen molar-refractivity contribution in [3.63, 3.8) is 0 Å². The van der Waals surface area contributed by atoms with Gasteiger partial charge < -0.3 is 24.8 Å². The van der Waals surface area contributed by atoms with Crippen molar-refractivity contribution in [2.45, 2.75) is 49.0 Å². The molecule has 0 nitrogen and oxygen atoms in total. The number of hydrogen-bond donors (Lipinski definition) is 0. The minimum Gasteiger partial charge on any atom is -1.00 e. The molecule has 6 rings (SSSR count). The molecule has 0 amide bonds. The van der Waals surface area contributed by atoms with E-state index in [-0.39, 0.29) is 24.8 Å². The van der Waals surface area contributed by atoms with E-state index in [0.29, 0.717) is 8.45 Å². The molecule has 202 valence electrons. The van der Waals surface area contributed by atoms with Crippen molar-refractivity contribution < 1.29 is 42.2 Å². The Kier molecular flexibility index (Phi) is 9.91. The van der Waals surface area contributed by atoms with Crippen LogP contribution in [0.2, 0.25) is 0 Å². The molecule has 2 unspecified atom stereocenters. The fourth-order valence-electron chi connectivity index (χ4n) is 6.84. The third-order valence-electron chi connectivity index (χ3n) is 8.53. The molecule has 40 heavy (non-hydrogen) atoms. The molecule has 0 heterocycles. The first-order valence-corrected chi connectivity index (χ1v) is 16.7. The van der Waals surface area contributed by atoms with Crippen molar-refractivity contribution in [2.75, 3.05) is 0 Å². The minimum atomic E-state index is -2.19. The molecule has 4 aromatic rings. The molecule has 0 spiro atoms. The summed E-state index contributed by atoms with van der Waals surface area (Å²) in [5.74, 6) is 0. The average Bonchev–Trinajstić information content (AvgIpc) is 3.47. The van der Waals surface area contributed by atoms with Crippen molar-refractivity contribution in [1.29, 1.82) is 0 Å². The summed E-state index contributed by atoms with van der Waals surface area (Å²) in [4.78, 5) is 0. The first-order valence-electron chi connectivity index (χ1n) is 14.1. The number of rotatable bonds is 6. The van der Waals surface area contributed by atoms with Crippen LogP contribution >= 0.6 is 0 Å². The van der Waals surface area contributed by atoms with Gasteiger partial charge in [0.1, 0.15) is 0 Å². The number of aryl methyl sites for hydroxylation is 2. The Hall–Kier alpha value is -2.48. The Labute approximate surface area is 258 Å². The van der Waals surface area contributed by atoms with E-state index in [9.17, 15) is 0 Å². The van der Waals surface area contributed by atoms with Crippen molar-refractivity contribution in [3.05, 3.63) is 153 Å². The fraction of sp³-hybridized carbons (Fsp3) is 0.216. The van der Waals surface area contributed by atoms with Gasteiger partial charge in [0.25, 0.3) is 0 Å². The Morgan fingerprint density at radius 3 is 1.32 bits per heavy atom. The van der Waals surface area contributed by atoms with E-state index < -0.39 is 17.4 Å². The molecule has 4 aromatic carbocycles. The van der Waals surface area contributed by atoms with Crippen LogP contribution in [0.1, 0.15) is 80.6 Å². The average molecular weight is 599 g/mol. The molecule has 0 N–H and O–H groups in total. The molecule has 0 bridgehead atoms. The number of halogens is 2. The van der Waals surface area contributed by atoms with E-state index in [0.717, 1.165) is 12.8 Å². The van der Waals surface area contributed by atoms with Crippen molar-refractivity contribution in [2.24, 2.45) is 0 Å². The van der Waals surface area contributed by atoms with Gasteiger partial charge in [-0.2, -0.15) is 0 Å². The maximum Gasteiger partial charge on any atom is -1.00 e. The van der Waals surface area contributed by atoms with Crippen LogP contribution < -0.4 is 24.8 Å². The second-order valence-electron chi connectivity index (χ2n) is 10.8. The van der Waals surface area contributed by atoms with Gasteiger partial charge in [0.15, 0.2) is 0 Å². The van der Waals surface area contributed by atoms with Gasteiger partial charge in [0.05, 0.1) is 0 Å². The summed E-state index contributed by atoms with van der Waals surface area (Å²) in [6.45, 7) is 9.40. The predicted molar refractivity (Wildman–Crippen MR) is 161 cm³/mol. The summed E-state index contributed by atoms with van der Waals surface area (Å²) in [5, 5.41) is 0. The maximum atomic E-state index is 2.52. The Bertz CT molecular complexity index is 1480. The van der Waals surface area contributed by atoms with Crippen molar-refractivity contribution in [3.8, 4) is 0 Å². The molecule has 2 aliphatic rings. The van der Waals surface area contributed by atoms with Crippen LogP contribution in [0.3, 0.4) is 0 Å². The molecular formula is C37H36Cl2Ti. The molecule has 2 atom stereocenters. The summed E-state index contributed by atoms with van der Waals surface area (Å²) in [6.07, 6.45) is 7.20. The number of allylic oxidation sites excluding steroid dienone is 2. The SMILES string of the molecule is CCc1cccc2c1C=C(C)[CH]2[Ti+2](=[C](c1ccccc1)c1ccccc1)[CH]1C(C)=Cc2c(CC)cccc21.[Cl-].[Cl-]. The molecular weight excluding hydrogens is 563 g/mol. The van der Waals surface area contributed by atoms with Gasteiger partial charge in [-0.05, 0) is 0 Å². The van der Waals surface area contributed by atoms with Gasteiger partial charge >= 0.3 is 235 Å². The van der Waals surface area contributed by atoms with Crippen LogP contribution in [-0.4, -0.2) is 3.81 Å². The van der Waals surface area contributed by atoms with Crippen LogP contribution in [0.25, 0.3) is 12.2 Å². The molecule has 3 heteroatoms. The molecule has 0 saturated carbocycles.